The largest absolute Gasteiger partial charge is 2.00 e. The Morgan fingerprint density at radius 2 is 1.31 bits per heavy atom. The Labute approximate surface area is 205 Å². The van der Waals surface area contributed by atoms with Crippen LogP contribution in [0.4, 0.5) is 0 Å². The minimum atomic E-state index is -3.22. The Morgan fingerprint density at radius 3 is 1.54 bits per heavy atom. The number of carbonyl (C=O) groups excluding carboxylic acids is 2. The van der Waals surface area contributed by atoms with Gasteiger partial charge >= 0.3 is 35.0 Å². The number of hydrogen-bond donors (Lipinski definition) is 7. The molecule has 0 bridgehead atoms. The molecule has 0 saturated heterocycles. The van der Waals surface area contributed by atoms with Gasteiger partial charge in [0, 0.05) is 12.4 Å². The molecule has 0 aromatic carbocycles. The van der Waals surface area contributed by atoms with Crippen molar-refractivity contribution in [1.82, 2.24) is 19.9 Å². The fourth-order valence-electron chi connectivity index (χ4n) is 1.76. The van der Waals surface area contributed by atoms with Crippen LogP contribution >= 0.6 is 0 Å². The Hall–Kier alpha value is -4.31. The van der Waals surface area contributed by atoms with E-state index in [4.69, 9.17) is 25.5 Å². The maximum absolute atomic E-state index is 10.4. The molecule has 188 valence electrons. The van der Waals surface area contributed by atoms with Crippen LogP contribution in [0.15, 0.2) is 37.2 Å². The number of aliphatic carboxylic acids is 5. The minimum Gasteiger partial charge on any atom is -0.545 e. The van der Waals surface area contributed by atoms with E-state index in [1.165, 1.54) is 24.8 Å². The second-order valence-corrected chi connectivity index (χ2v) is 5.83. The number of carboxylic acids is 5. The Balaban J connectivity index is 0. The Morgan fingerprint density at radius 1 is 0.914 bits per heavy atom. The van der Waals surface area contributed by atoms with Gasteiger partial charge in [0.25, 0.3) is 0 Å². The van der Waals surface area contributed by atoms with Crippen LogP contribution in [0.5, 0.6) is 0 Å². The Bertz CT molecular complexity index is 966. The molecule has 0 saturated carbocycles. The second kappa shape index (κ2) is 16.3. The minimum absolute atomic E-state index is 0. The van der Waals surface area contributed by atoms with Gasteiger partial charge in [-0.15, -0.1) is 0 Å². The zero-order valence-electron chi connectivity index (χ0n) is 17.3. The number of aromatic amines is 2. The summed E-state index contributed by atoms with van der Waals surface area (Å²) in [5, 5.41) is 62.4. The maximum Gasteiger partial charge on any atom is 2.00 e. The van der Waals surface area contributed by atoms with Crippen molar-refractivity contribution in [3.63, 3.8) is 0 Å². The van der Waals surface area contributed by atoms with Crippen LogP contribution in [0.1, 0.15) is 17.8 Å². The van der Waals surface area contributed by atoms with Crippen molar-refractivity contribution in [1.29, 1.82) is 0 Å². The number of aliphatic hydroxyl groups is 2. The molecular formula is C18H18N4O12Se. The van der Waals surface area contributed by atoms with Crippen LogP contribution in [0.2, 0.25) is 0 Å². The molecule has 0 aliphatic heterocycles. The van der Waals surface area contributed by atoms with Crippen molar-refractivity contribution in [2.75, 3.05) is 0 Å². The normalized spacial score (nSPS) is 12.6. The van der Waals surface area contributed by atoms with Gasteiger partial charge < -0.3 is 55.3 Å². The fourth-order valence-corrected chi connectivity index (χ4v) is 1.76. The number of nitrogens with zero attached hydrogens (tertiary/aromatic N) is 2. The molecule has 16 nitrogen and oxygen atoms in total. The standard InChI is InChI=1S/2C6H6N2O2.C6H8O8.Se/c2*9-6(10)2-1-5-3-7-4-8-5;7-2(8)1-6(14,5(12)13)3(9)4(10)11;/h2*1-4H,(H,7,8)(H,9,10);3,9,14H,1H2,(H,7,8)(H,10,11)(H,12,13);/q;;;+2/p-2. The first-order valence-corrected chi connectivity index (χ1v) is 8.63. The first-order chi connectivity index (χ1) is 15.8. The number of carboxylic acid groups (broad SMARTS) is 5. The number of nitrogens with one attached hydrogen (secondary N) is 2. The molecule has 0 spiro atoms. The van der Waals surface area contributed by atoms with Crippen molar-refractivity contribution >= 4 is 59.1 Å². The van der Waals surface area contributed by atoms with Crippen LogP contribution in [-0.4, -0.2) is 104 Å². The van der Waals surface area contributed by atoms with Crippen molar-refractivity contribution in [2.24, 2.45) is 0 Å². The van der Waals surface area contributed by atoms with E-state index in [0.29, 0.717) is 11.4 Å². The van der Waals surface area contributed by atoms with Gasteiger partial charge in [0.05, 0.1) is 42.4 Å². The fraction of sp³-hybridized carbons (Fsp3) is 0.167. The number of imidazole rings is 2. The molecule has 0 aliphatic rings. The second-order valence-electron chi connectivity index (χ2n) is 5.83. The summed E-state index contributed by atoms with van der Waals surface area (Å²) >= 11 is 0. The summed E-state index contributed by atoms with van der Waals surface area (Å²) in [5.74, 6) is -8.31. The number of carbonyl (C=O) groups is 5. The first-order valence-electron chi connectivity index (χ1n) is 8.63. The molecule has 0 amide bonds. The van der Waals surface area contributed by atoms with Gasteiger partial charge in [0.1, 0.15) is 0 Å². The van der Waals surface area contributed by atoms with E-state index in [2.05, 4.69) is 19.9 Å². The number of hydrogen-bond acceptors (Lipinski definition) is 11. The molecular weight excluding hydrogens is 543 g/mol. The number of aromatic nitrogens is 4. The smallest absolute Gasteiger partial charge is 0.545 e. The molecule has 2 aromatic heterocycles. The molecule has 35 heavy (non-hydrogen) atoms. The van der Waals surface area contributed by atoms with Gasteiger partial charge in [-0.1, -0.05) is 0 Å². The molecule has 2 rings (SSSR count). The van der Waals surface area contributed by atoms with Crippen LogP contribution in [0, 0.1) is 0 Å². The van der Waals surface area contributed by atoms with Crippen molar-refractivity contribution in [2.45, 2.75) is 18.1 Å². The summed E-state index contributed by atoms with van der Waals surface area (Å²) in [6.45, 7) is 0. The molecule has 2 heterocycles. The molecule has 2 aromatic rings. The SMILES string of the molecule is O=C(O)CC(O)(C(=O)O)C(O)C(=O)O.O=C([O-])C=Cc1c[nH]cn1.O=C([O-])C=Cc1c[nH]cn1.[Se+2]. The van der Waals surface area contributed by atoms with Crippen LogP contribution in [0.3, 0.4) is 0 Å². The van der Waals surface area contributed by atoms with Gasteiger partial charge in [-0.3, -0.25) is 4.79 Å². The first kappa shape index (κ1) is 32.9. The van der Waals surface area contributed by atoms with E-state index in [0.717, 1.165) is 12.2 Å². The zero-order chi connectivity index (χ0) is 26.3. The predicted molar refractivity (Wildman–Crippen MR) is 109 cm³/mol. The van der Waals surface area contributed by atoms with E-state index in [-0.39, 0.29) is 17.1 Å². The third-order valence-corrected chi connectivity index (χ3v) is 3.30. The average Bonchev–Trinajstić information content (AvgIpc) is 3.44. The van der Waals surface area contributed by atoms with Crippen LogP contribution in [-0.2, 0) is 24.0 Å². The molecule has 4 radical (unpaired) electrons. The van der Waals surface area contributed by atoms with E-state index >= 15 is 0 Å². The van der Waals surface area contributed by atoms with Crippen LogP contribution < -0.4 is 10.2 Å². The van der Waals surface area contributed by atoms with Crippen molar-refractivity contribution in [3.05, 3.63) is 48.6 Å². The van der Waals surface area contributed by atoms with Gasteiger partial charge in [0.15, 0.2) is 6.10 Å². The van der Waals surface area contributed by atoms with Gasteiger partial charge in [0.2, 0.25) is 5.60 Å². The summed E-state index contributed by atoms with van der Waals surface area (Å²) in [6, 6.07) is 0. The van der Waals surface area contributed by atoms with E-state index in [9.17, 15) is 34.2 Å². The summed E-state index contributed by atoms with van der Waals surface area (Å²) in [4.78, 5) is 63.2. The molecule has 2 atom stereocenters. The number of rotatable bonds is 9. The molecule has 2 unspecified atom stereocenters. The zero-order valence-corrected chi connectivity index (χ0v) is 19.0. The Kier molecular flexibility index (Phi) is 15.3. The molecule has 0 fully saturated rings. The summed E-state index contributed by atoms with van der Waals surface area (Å²) in [6.07, 6.45) is 6.55. The quantitative estimate of drug-likeness (QED) is 0.113. The average molecular weight is 561 g/mol. The third-order valence-electron chi connectivity index (χ3n) is 3.30. The maximum atomic E-state index is 10.4. The molecule has 7 N–H and O–H groups in total. The van der Waals surface area contributed by atoms with E-state index < -0.39 is 48.0 Å². The van der Waals surface area contributed by atoms with E-state index in [1.807, 2.05) is 0 Å². The third kappa shape index (κ3) is 13.7. The predicted octanol–water partition coefficient (Wildman–Crippen LogP) is -4.31. The van der Waals surface area contributed by atoms with Crippen molar-refractivity contribution < 1.29 is 59.7 Å². The summed E-state index contributed by atoms with van der Waals surface area (Å²) in [5.41, 5.74) is -2.08. The van der Waals surface area contributed by atoms with Gasteiger partial charge in [-0.05, 0) is 24.3 Å². The number of aliphatic hydroxyl groups excluding tert-OH is 1. The molecule has 0 aliphatic carbocycles. The van der Waals surface area contributed by atoms with Gasteiger partial charge in [-0.2, -0.15) is 0 Å². The van der Waals surface area contributed by atoms with Crippen LogP contribution in [0.25, 0.3) is 12.2 Å². The summed E-state index contributed by atoms with van der Waals surface area (Å²) in [7, 11) is 0. The van der Waals surface area contributed by atoms with Gasteiger partial charge in [-0.25, -0.2) is 19.6 Å². The topological polar surface area (TPSA) is 290 Å². The van der Waals surface area contributed by atoms with E-state index in [1.54, 1.807) is 12.4 Å². The summed E-state index contributed by atoms with van der Waals surface area (Å²) < 4.78 is 0. The van der Waals surface area contributed by atoms with Crippen molar-refractivity contribution in [3.8, 4) is 0 Å². The monoisotopic (exact) mass is 562 g/mol. The number of H-pyrrole nitrogens is 2. The molecule has 17 heteroatoms.